The molecular weight excluding hydrogens is 276 g/mol. The summed E-state index contributed by atoms with van der Waals surface area (Å²) in [5, 5.41) is 3.63. The van der Waals surface area contributed by atoms with Gasteiger partial charge in [0, 0.05) is 31.6 Å². The zero-order chi connectivity index (χ0) is 15.5. The molecule has 1 N–H and O–H groups in total. The molecule has 2 aliphatic heterocycles. The normalized spacial score (nSPS) is 26.7. The smallest absolute Gasteiger partial charge is 0.222 e. The van der Waals surface area contributed by atoms with Gasteiger partial charge in [-0.05, 0) is 43.7 Å². The molecule has 0 saturated carbocycles. The highest BCUT2D eigenvalue weighted by atomic mass is 16.5. The lowest BCUT2D eigenvalue weighted by molar-refractivity contribution is -0.132. The first kappa shape index (κ1) is 15.3. The van der Waals surface area contributed by atoms with Crippen LogP contribution in [0.3, 0.4) is 0 Å². The Kier molecular flexibility index (Phi) is 4.67. The largest absolute Gasteiger partial charge is 0.496 e. The van der Waals surface area contributed by atoms with Gasteiger partial charge in [-0.2, -0.15) is 0 Å². The second-order valence-electron chi connectivity index (χ2n) is 6.58. The SMILES string of the molecule is COc1ccccc1CCC(=O)N(C)C1CC2CCC(C1)N2. The number of hydrogen-bond acceptors (Lipinski definition) is 3. The van der Waals surface area contributed by atoms with Gasteiger partial charge in [0.2, 0.25) is 5.91 Å². The van der Waals surface area contributed by atoms with Gasteiger partial charge >= 0.3 is 0 Å². The molecule has 0 aliphatic carbocycles. The van der Waals surface area contributed by atoms with Gasteiger partial charge < -0.3 is 15.0 Å². The number of carbonyl (C=O) groups excluding carboxylic acids is 1. The fourth-order valence-corrected chi connectivity index (χ4v) is 3.87. The summed E-state index contributed by atoms with van der Waals surface area (Å²) in [6, 6.07) is 9.59. The topological polar surface area (TPSA) is 41.6 Å². The maximum absolute atomic E-state index is 12.5. The number of ether oxygens (including phenoxy) is 1. The molecule has 0 spiro atoms. The summed E-state index contributed by atoms with van der Waals surface area (Å²) < 4.78 is 5.36. The summed E-state index contributed by atoms with van der Waals surface area (Å²) in [5.41, 5.74) is 1.11. The number of piperidine rings is 1. The minimum atomic E-state index is 0.247. The molecule has 2 bridgehead atoms. The fraction of sp³-hybridized carbons (Fsp3) is 0.611. The molecule has 0 aromatic heterocycles. The highest BCUT2D eigenvalue weighted by Crippen LogP contribution is 2.29. The second kappa shape index (κ2) is 6.69. The van der Waals surface area contributed by atoms with Gasteiger partial charge in [0.25, 0.3) is 0 Å². The number of methoxy groups -OCH3 is 1. The van der Waals surface area contributed by atoms with Crippen LogP contribution < -0.4 is 10.1 Å². The van der Waals surface area contributed by atoms with Crippen molar-refractivity contribution in [1.82, 2.24) is 10.2 Å². The number of hydrogen-bond donors (Lipinski definition) is 1. The van der Waals surface area contributed by atoms with E-state index in [0.29, 0.717) is 24.5 Å². The van der Waals surface area contributed by atoms with E-state index in [9.17, 15) is 4.79 Å². The van der Waals surface area contributed by atoms with E-state index in [1.54, 1.807) is 7.11 Å². The summed E-state index contributed by atoms with van der Waals surface area (Å²) >= 11 is 0. The van der Waals surface area contributed by atoms with Crippen LogP contribution in [0.1, 0.15) is 37.7 Å². The van der Waals surface area contributed by atoms with Crippen molar-refractivity contribution >= 4 is 5.91 Å². The number of benzene rings is 1. The molecule has 0 radical (unpaired) electrons. The summed E-state index contributed by atoms with van der Waals surface area (Å²) in [4.78, 5) is 14.5. The molecule has 2 aliphatic rings. The number of para-hydroxylation sites is 1. The van der Waals surface area contributed by atoms with Crippen molar-refractivity contribution in [2.45, 2.75) is 56.7 Å². The van der Waals surface area contributed by atoms with Gasteiger partial charge in [-0.1, -0.05) is 18.2 Å². The monoisotopic (exact) mass is 302 g/mol. The van der Waals surface area contributed by atoms with Crippen molar-refractivity contribution in [2.24, 2.45) is 0 Å². The summed E-state index contributed by atoms with van der Waals surface area (Å²) in [6.07, 6.45) is 6.04. The van der Waals surface area contributed by atoms with Crippen molar-refractivity contribution in [3.05, 3.63) is 29.8 Å². The Labute approximate surface area is 132 Å². The van der Waals surface area contributed by atoms with Gasteiger partial charge in [0.15, 0.2) is 0 Å². The summed E-state index contributed by atoms with van der Waals surface area (Å²) in [6.45, 7) is 0. The number of aryl methyl sites for hydroxylation is 1. The lowest BCUT2D eigenvalue weighted by atomic mass is 9.98. The van der Waals surface area contributed by atoms with Crippen LogP contribution in [-0.2, 0) is 11.2 Å². The molecule has 3 rings (SSSR count). The van der Waals surface area contributed by atoms with E-state index in [-0.39, 0.29) is 5.91 Å². The molecular formula is C18H26N2O2. The van der Waals surface area contributed by atoms with Crippen LogP contribution >= 0.6 is 0 Å². The van der Waals surface area contributed by atoms with Crippen LogP contribution in [0.5, 0.6) is 5.75 Å². The number of fused-ring (bicyclic) bond motifs is 2. The van der Waals surface area contributed by atoms with E-state index < -0.39 is 0 Å². The fourth-order valence-electron chi connectivity index (χ4n) is 3.87. The lowest BCUT2D eigenvalue weighted by Crippen LogP contribution is -2.48. The van der Waals surface area contributed by atoms with Gasteiger partial charge in [-0.25, -0.2) is 0 Å². The van der Waals surface area contributed by atoms with Crippen LogP contribution in [0, 0.1) is 0 Å². The van der Waals surface area contributed by atoms with Crippen molar-refractivity contribution in [1.29, 1.82) is 0 Å². The first-order valence-electron chi connectivity index (χ1n) is 8.31. The molecule has 120 valence electrons. The Morgan fingerprint density at radius 1 is 1.27 bits per heavy atom. The molecule has 2 atom stereocenters. The van der Waals surface area contributed by atoms with Gasteiger partial charge in [0.05, 0.1) is 7.11 Å². The maximum Gasteiger partial charge on any atom is 0.222 e. The Balaban J connectivity index is 1.55. The third-order valence-electron chi connectivity index (χ3n) is 5.19. The predicted molar refractivity (Wildman–Crippen MR) is 87.1 cm³/mol. The van der Waals surface area contributed by atoms with Crippen molar-refractivity contribution in [3.63, 3.8) is 0 Å². The second-order valence-corrected chi connectivity index (χ2v) is 6.58. The summed E-state index contributed by atoms with van der Waals surface area (Å²) in [7, 11) is 3.65. The van der Waals surface area contributed by atoms with E-state index >= 15 is 0 Å². The van der Waals surface area contributed by atoms with Crippen LogP contribution in [0.4, 0.5) is 0 Å². The predicted octanol–water partition coefficient (Wildman–Crippen LogP) is 2.37. The van der Waals surface area contributed by atoms with E-state index in [4.69, 9.17) is 4.74 Å². The van der Waals surface area contributed by atoms with Crippen LogP contribution in [0.15, 0.2) is 24.3 Å². The average Bonchev–Trinajstić information content (AvgIpc) is 2.90. The van der Waals surface area contributed by atoms with Gasteiger partial charge in [-0.3, -0.25) is 4.79 Å². The van der Waals surface area contributed by atoms with E-state index in [1.165, 1.54) is 12.8 Å². The van der Waals surface area contributed by atoms with Crippen molar-refractivity contribution < 1.29 is 9.53 Å². The maximum atomic E-state index is 12.5. The third kappa shape index (κ3) is 3.27. The molecule has 2 saturated heterocycles. The van der Waals surface area contributed by atoms with Crippen molar-refractivity contribution in [3.8, 4) is 5.75 Å². The average molecular weight is 302 g/mol. The Morgan fingerprint density at radius 3 is 2.64 bits per heavy atom. The molecule has 2 fully saturated rings. The Hall–Kier alpha value is -1.55. The quantitative estimate of drug-likeness (QED) is 0.908. The number of nitrogens with one attached hydrogen (secondary N) is 1. The van der Waals surface area contributed by atoms with Gasteiger partial charge in [0.1, 0.15) is 5.75 Å². The Bertz CT molecular complexity index is 520. The first-order valence-corrected chi connectivity index (χ1v) is 8.31. The van der Waals surface area contributed by atoms with Crippen LogP contribution in [0.25, 0.3) is 0 Å². The lowest BCUT2D eigenvalue weighted by Gasteiger charge is -2.35. The number of amides is 1. The highest BCUT2D eigenvalue weighted by Gasteiger charge is 2.36. The minimum absolute atomic E-state index is 0.247. The molecule has 1 amide bonds. The van der Waals surface area contributed by atoms with E-state index in [1.807, 2.05) is 36.2 Å². The standard InChI is InChI=1S/C18H26N2O2/c1-20(16-11-14-8-9-15(12-16)19-14)18(21)10-7-13-5-3-4-6-17(13)22-2/h3-6,14-16,19H,7-12H2,1-2H3. The van der Waals surface area contributed by atoms with Crippen LogP contribution in [0.2, 0.25) is 0 Å². The van der Waals surface area contributed by atoms with E-state index in [0.717, 1.165) is 30.6 Å². The first-order chi connectivity index (χ1) is 10.7. The van der Waals surface area contributed by atoms with Crippen molar-refractivity contribution in [2.75, 3.05) is 14.2 Å². The highest BCUT2D eigenvalue weighted by molar-refractivity contribution is 5.76. The molecule has 2 unspecified atom stereocenters. The van der Waals surface area contributed by atoms with Crippen LogP contribution in [-0.4, -0.2) is 43.1 Å². The number of rotatable bonds is 5. The molecule has 1 aromatic carbocycles. The molecule has 4 heteroatoms. The minimum Gasteiger partial charge on any atom is -0.496 e. The summed E-state index contributed by atoms with van der Waals surface area (Å²) in [5.74, 6) is 1.12. The van der Waals surface area contributed by atoms with Gasteiger partial charge in [-0.15, -0.1) is 0 Å². The van der Waals surface area contributed by atoms with E-state index in [2.05, 4.69) is 5.32 Å². The third-order valence-corrected chi connectivity index (χ3v) is 5.19. The zero-order valence-electron chi connectivity index (χ0n) is 13.5. The zero-order valence-corrected chi connectivity index (χ0v) is 13.5. The molecule has 22 heavy (non-hydrogen) atoms. The number of nitrogens with zero attached hydrogens (tertiary/aromatic N) is 1. The molecule has 2 heterocycles. The molecule has 1 aromatic rings. The molecule has 4 nitrogen and oxygen atoms in total. The number of carbonyl (C=O) groups is 1. The Morgan fingerprint density at radius 2 is 1.95 bits per heavy atom.